The van der Waals surface area contributed by atoms with Crippen molar-refractivity contribution >= 4 is 23.2 Å². The van der Waals surface area contributed by atoms with Crippen molar-refractivity contribution in [2.75, 3.05) is 24.5 Å². The topological polar surface area (TPSA) is 62.2 Å². The van der Waals surface area contributed by atoms with Gasteiger partial charge >= 0.3 is 0 Å². The number of amides is 1. The fourth-order valence-electron chi connectivity index (χ4n) is 3.73. The first-order valence-electron chi connectivity index (χ1n) is 8.25. The summed E-state index contributed by atoms with van der Waals surface area (Å²) in [6.45, 7) is 7.20. The summed E-state index contributed by atoms with van der Waals surface area (Å²) in [7, 11) is 0. The van der Waals surface area contributed by atoms with Gasteiger partial charge < -0.3 is 9.80 Å². The van der Waals surface area contributed by atoms with Crippen molar-refractivity contribution in [2.24, 2.45) is 5.41 Å². The van der Waals surface area contributed by atoms with Crippen molar-refractivity contribution in [3.8, 4) is 0 Å². The molecule has 1 atom stereocenters. The predicted molar refractivity (Wildman–Crippen MR) is 92.9 cm³/mol. The fourth-order valence-corrected chi connectivity index (χ4v) is 4.33. The highest BCUT2D eigenvalue weighted by Gasteiger charge is 2.47. The average Bonchev–Trinajstić information content (AvgIpc) is 3.22. The van der Waals surface area contributed by atoms with E-state index < -0.39 is 0 Å². The van der Waals surface area contributed by atoms with Crippen molar-refractivity contribution in [2.45, 2.75) is 33.2 Å². The van der Waals surface area contributed by atoms with Gasteiger partial charge in [0.05, 0.1) is 17.2 Å². The minimum atomic E-state index is 0.0381. The van der Waals surface area contributed by atoms with Gasteiger partial charge in [-0.15, -0.1) is 11.3 Å². The van der Waals surface area contributed by atoms with E-state index in [2.05, 4.69) is 25.2 Å². The molecule has 2 aromatic heterocycles. The quantitative estimate of drug-likeness (QED) is 0.855. The Labute approximate surface area is 145 Å². The van der Waals surface area contributed by atoms with Crippen LogP contribution in [-0.4, -0.2) is 45.4 Å². The molecule has 0 bridgehead atoms. The van der Waals surface area contributed by atoms with Gasteiger partial charge in [-0.1, -0.05) is 0 Å². The molecular formula is C17H21N5OS. The average molecular weight is 343 g/mol. The van der Waals surface area contributed by atoms with E-state index in [-0.39, 0.29) is 11.3 Å². The van der Waals surface area contributed by atoms with Crippen LogP contribution in [-0.2, 0) is 11.3 Å². The van der Waals surface area contributed by atoms with Gasteiger partial charge in [0.1, 0.15) is 0 Å². The van der Waals surface area contributed by atoms with Crippen LogP contribution < -0.4 is 4.90 Å². The molecule has 0 aromatic carbocycles. The third-order valence-electron chi connectivity index (χ3n) is 4.91. The molecule has 126 valence electrons. The first kappa shape index (κ1) is 15.5. The van der Waals surface area contributed by atoms with Crippen LogP contribution in [0.3, 0.4) is 0 Å². The summed E-state index contributed by atoms with van der Waals surface area (Å²) < 4.78 is 0. The number of anilines is 1. The molecule has 24 heavy (non-hydrogen) atoms. The van der Waals surface area contributed by atoms with Crippen molar-refractivity contribution in [3.63, 3.8) is 0 Å². The molecule has 2 fully saturated rings. The number of rotatable bonds is 3. The number of hydrogen-bond acceptors (Lipinski definition) is 6. The van der Waals surface area contributed by atoms with Gasteiger partial charge in [-0.25, -0.2) is 15.0 Å². The Morgan fingerprint density at radius 2 is 2.04 bits per heavy atom. The second-order valence-corrected chi connectivity index (χ2v) is 8.08. The molecule has 1 amide bonds. The molecule has 4 heterocycles. The molecule has 6 nitrogen and oxygen atoms in total. The summed E-state index contributed by atoms with van der Waals surface area (Å²) in [5, 5.41) is 3.10. The summed E-state index contributed by atoms with van der Waals surface area (Å²) in [5.41, 5.74) is 2.10. The van der Waals surface area contributed by atoms with Crippen LogP contribution in [0.1, 0.15) is 29.1 Å². The van der Waals surface area contributed by atoms with E-state index in [0.717, 1.165) is 48.3 Å². The van der Waals surface area contributed by atoms with Gasteiger partial charge in [0.15, 0.2) is 0 Å². The first-order chi connectivity index (χ1) is 11.5. The maximum Gasteiger partial charge on any atom is 0.225 e. The van der Waals surface area contributed by atoms with E-state index in [4.69, 9.17) is 0 Å². The highest BCUT2D eigenvalue weighted by atomic mass is 32.1. The number of carbonyl (C=O) groups excluding carboxylic acids is 1. The lowest BCUT2D eigenvalue weighted by molar-refractivity contribution is -0.128. The zero-order chi connectivity index (χ0) is 16.7. The standard InChI is InChI=1S/C17H21N5OS/c1-12-6-18-16(19-7-12)21-4-3-17(10-21)5-15(23)22(11-17)8-14-9-24-13(2)20-14/h6-7,9H,3-5,8,10-11H2,1-2H3/t17-/m0/s1. The Balaban J connectivity index is 1.45. The van der Waals surface area contributed by atoms with Crippen LogP contribution in [0.5, 0.6) is 0 Å². The van der Waals surface area contributed by atoms with Crippen molar-refractivity contribution in [3.05, 3.63) is 34.0 Å². The number of nitrogens with zero attached hydrogens (tertiary/aromatic N) is 5. The van der Waals surface area contributed by atoms with Crippen molar-refractivity contribution in [1.82, 2.24) is 19.9 Å². The number of thiazole rings is 1. The van der Waals surface area contributed by atoms with E-state index >= 15 is 0 Å². The summed E-state index contributed by atoms with van der Waals surface area (Å²) in [6.07, 6.45) is 5.34. The van der Waals surface area contributed by atoms with Gasteiger partial charge in [-0.2, -0.15) is 0 Å². The smallest absolute Gasteiger partial charge is 0.225 e. The Hall–Kier alpha value is -2.02. The summed E-state index contributed by atoms with van der Waals surface area (Å²) >= 11 is 1.64. The molecule has 0 unspecified atom stereocenters. The number of aryl methyl sites for hydroxylation is 2. The lowest BCUT2D eigenvalue weighted by Crippen LogP contribution is -2.31. The highest BCUT2D eigenvalue weighted by Crippen LogP contribution is 2.41. The molecule has 0 saturated carbocycles. The molecule has 1 spiro atoms. The van der Waals surface area contributed by atoms with E-state index in [1.54, 1.807) is 11.3 Å². The van der Waals surface area contributed by atoms with E-state index in [1.165, 1.54) is 0 Å². The van der Waals surface area contributed by atoms with Gasteiger partial charge in [-0.3, -0.25) is 4.79 Å². The number of carbonyl (C=O) groups is 1. The van der Waals surface area contributed by atoms with Gasteiger partial charge in [-0.05, 0) is 25.8 Å². The normalized spacial score (nSPS) is 23.7. The molecule has 2 aromatic rings. The lowest BCUT2D eigenvalue weighted by atomic mass is 9.86. The largest absolute Gasteiger partial charge is 0.340 e. The molecule has 0 radical (unpaired) electrons. The summed E-state index contributed by atoms with van der Waals surface area (Å²) in [6, 6.07) is 0. The fraction of sp³-hybridized carbons (Fsp3) is 0.529. The minimum Gasteiger partial charge on any atom is -0.340 e. The Morgan fingerprint density at radius 3 is 2.75 bits per heavy atom. The van der Waals surface area contributed by atoms with Crippen LogP contribution in [0.25, 0.3) is 0 Å². The van der Waals surface area contributed by atoms with Gasteiger partial charge in [0.25, 0.3) is 0 Å². The molecule has 2 aliphatic rings. The Morgan fingerprint density at radius 1 is 1.25 bits per heavy atom. The van der Waals surface area contributed by atoms with Crippen LogP contribution in [0.15, 0.2) is 17.8 Å². The summed E-state index contributed by atoms with van der Waals surface area (Å²) in [4.78, 5) is 30.0. The molecule has 2 saturated heterocycles. The van der Waals surface area contributed by atoms with E-state index in [0.29, 0.717) is 13.0 Å². The maximum absolute atomic E-state index is 12.5. The monoisotopic (exact) mass is 343 g/mol. The van der Waals surface area contributed by atoms with Crippen molar-refractivity contribution in [1.29, 1.82) is 0 Å². The van der Waals surface area contributed by atoms with Crippen LogP contribution in [0.2, 0.25) is 0 Å². The highest BCUT2D eigenvalue weighted by molar-refractivity contribution is 7.09. The lowest BCUT2D eigenvalue weighted by Gasteiger charge is -2.24. The zero-order valence-corrected chi connectivity index (χ0v) is 14.8. The number of hydrogen-bond donors (Lipinski definition) is 0. The van der Waals surface area contributed by atoms with Gasteiger partial charge in [0.2, 0.25) is 11.9 Å². The van der Waals surface area contributed by atoms with Gasteiger partial charge in [0, 0.05) is 49.2 Å². The SMILES string of the molecule is Cc1cnc(N2CC[C@]3(CC(=O)N(Cc4csc(C)n4)C3)C2)nc1. The second kappa shape index (κ2) is 5.81. The number of likely N-dealkylation sites (tertiary alicyclic amines) is 1. The van der Waals surface area contributed by atoms with E-state index in [9.17, 15) is 4.79 Å². The second-order valence-electron chi connectivity index (χ2n) is 7.02. The maximum atomic E-state index is 12.5. The molecule has 2 aliphatic heterocycles. The molecule has 4 rings (SSSR count). The third-order valence-corrected chi connectivity index (χ3v) is 5.74. The van der Waals surface area contributed by atoms with Crippen molar-refractivity contribution < 1.29 is 4.79 Å². The third kappa shape index (κ3) is 2.88. The molecule has 7 heteroatoms. The Bertz CT molecular complexity index is 759. The predicted octanol–water partition coefficient (Wildman–Crippen LogP) is 2.18. The zero-order valence-electron chi connectivity index (χ0n) is 14.0. The van der Waals surface area contributed by atoms with E-state index in [1.807, 2.05) is 31.1 Å². The van der Waals surface area contributed by atoms with Crippen LogP contribution in [0.4, 0.5) is 5.95 Å². The number of aromatic nitrogens is 3. The van der Waals surface area contributed by atoms with Crippen LogP contribution in [0, 0.1) is 19.3 Å². The molecule has 0 aliphatic carbocycles. The molecular weight excluding hydrogens is 322 g/mol. The Kier molecular flexibility index (Phi) is 3.75. The first-order valence-corrected chi connectivity index (χ1v) is 9.13. The summed E-state index contributed by atoms with van der Waals surface area (Å²) in [5.74, 6) is 1.02. The van der Waals surface area contributed by atoms with Crippen LogP contribution >= 0.6 is 11.3 Å². The molecule has 0 N–H and O–H groups in total. The minimum absolute atomic E-state index is 0.0381.